The number of anilines is 2. The van der Waals surface area contributed by atoms with Crippen molar-refractivity contribution in [2.24, 2.45) is 0 Å². The Morgan fingerprint density at radius 3 is 2.62 bits per heavy atom. The monoisotopic (exact) mass is 222 g/mol. The molecule has 1 aromatic carbocycles. The summed E-state index contributed by atoms with van der Waals surface area (Å²) in [6, 6.07) is 8.36. The van der Waals surface area contributed by atoms with E-state index in [4.69, 9.17) is 4.74 Å². The van der Waals surface area contributed by atoms with Gasteiger partial charge in [-0.25, -0.2) is 0 Å². The summed E-state index contributed by atoms with van der Waals surface area (Å²) in [4.78, 5) is 2.12. The zero-order valence-corrected chi connectivity index (χ0v) is 10.5. The summed E-state index contributed by atoms with van der Waals surface area (Å²) in [5.74, 6) is 0. The van der Waals surface area contributed by atoms with Crippen LogP contribution in [0.3, 0.4) is 0 Å². The van der Waals surface area contributed by atoms with Gasteiger partial charge in [-0.05, 0) is 25.0 Å². The molecule has 0 spiro atoms. The molecule has 0 aliphatic rings. The summed E-state index contributed by atoms with van der Waals surface area (Å²) in [5.41, 5.74) is 2.43. The summed E-state index contributed by atoms with van der Waals surface area (Å²) in [6.45, 7) is 1.84. The number of para-hydroxylation sites is 2. The van der Waals surface area contributed by atoms with Gasteiger partial charge in [0.2, 0.25) is 0 Å². The standard InChI is InChI=1S/C13H22N2O/c1-15(2)13-9-5-4-8-12(13)14-10-6-7-11-16-3/h4-5,8-9,14H,6-7,10-11H2,1-3H3. The van der Waals surface area contributed by atoms with E-state index in [0.717, 1.165) is 26.0 Å². The van der Waals surface area contributed by atoms with Crippen LogP contribution in [-0.4, -0.2) is 34.4 Å². The fourth-order valence-corrected chi connectivity index (χ4v) is 1.61. The minimum Gasteiger partial charge on any atom is -0.385 e. The van der Waals surface area contributed by atoms with Gasteiger partial charge < -0.3 is 15.0 Å². The molecule has 0 radical (unpaired) electrons. The fourth-order valence-electron chi connectivity index (χ4n) is 1.61. The summed E-state index contributed by atoms with van der Waals surface area (Å²) in [7, 11) is 5.87. The lowest BCUT2D eigenvalue weighted by Gasteiger charge is -2.18. The Morgan fingerprint density at radius 1 is 1.19 bits per heavy atom. The molecule has 3 heteroatoms. The van der Waals surface area contributed by atoms with Crippen molar-refractivity contribution in [3.05, 3.63) is 24.3 Å². The maximum atomic E-state index is 5.02. The molecule has 1 rings (SSSR count). The molecule has 0 unspecified atom stereocenters. The Morgan fingerprint density at radius 2 is 1.94 bits per heavy atom. The van der Waals surface area contributed by atoms with Crippen molar-refractivity contribution in [1.29, 1.82) is 0 Å². The molecule has 0 atom stereocenters. The summed E-state index contributed by atoms with van der Waals surface area (Å²) >= 11 is 0. The number of benzene rings is 1. The highest BCUT2D eigenvalue weighted by Crippen LogP contribution is 2.23. The molecule has 0 saturated heterocycles. The number of nitrogens with one attached hydrogen (secondary N) is 1. The van der Waals surface area contributed by atoms with Gasteiger partial charge in [-0.1, -0.05) is 12.1 Å². The van der Waals surface area contributed by atoms with Gasteiger partial charge in [0.15, 0.2) is 0 Å². The number of ether oxygens (including phenoxy) is 1. The van der Waals surface area contributed by atoms with Crippen molar-refractivity contribution in [1.82, 2.24) is 0 Å². The minimum absolute atomic E-state index is 0.844. The Bertz CT molecular complexity index is 300. The maximum absolute atomic E-state index is 5.02. The van der Waals surface area contributed by atoms with Crippen LogP contribution >= 0.6 is 0 Å². The number of hydrogen-bond donors (Lipinski definition) is 1. The van der Waals surface area contributed by atoms with Crippen molar-refractivity contribution < 1.29 is 4.74 Å². The van der Waals surface area contributed by atoms with E-state index >= 15 is 0 Å². The smallest absolute Gasteiger partial charge is 0.0596 e. The second kappa shape index (κ2) is 7.12. The van der Waals surface area contributed by atoms with Gasteiger partial charge in [-0.15, -0.1) is 0 Å². The van der Waals surface area contributed by atoms with E-state index in [1.54, 1.807) is 7.11 Å². The molecule has 0 aromatic heterocycles. The lowest BCUT2D eigenvalue weighted by molar-refractivity contribution is 0.194. The van der Waals surface area contributed by atoms with Crippen LogP contribution in [0.4, 0.5) is 11.4 Å². The summed E-state index contributed by atoms with van der Waals surface area (Å²) in [6.07, 6.45) is 2.24. The van der Waals surface area contributed by atoms with Crippen molar-refractivity contribution >= 4 is 11.4 Å². The van der Waals surface area contributed by atoms with Gasteiger partial charge in [-0.2, -0.15) is 0 Å². The SMILES string of the molecule is COCCCCNc1ccccc1N(C)C. The topological polar surface area (TPSA) is 24.5 Å². The lowest BCUT2D eigenvalue weighted by atomic mass is 10.2. The predicted molar refractivity (Wildman–Crippen MR) is 70.4 cm³/mol. The van der Waals surface area contributed by atoms with Gasteiger partial charge in [0.1, 0.15) is 0 Å². The average Bonchev–Trinajstić information content (AvgIpc) is 2.29. The normalized spacial score (nSPS) is 10.2. The molecule has 0 heterocycles. The second-order valence-electron chi connectivity index (χ2n) is 4.04. The molecule has 0 aliphatic heterocycles. The molecular weight excluding hydrogens is 200 g/mol. The van der Waals surface area contributed by atoms with E-state index < -0.39 is 0 Å². The van der Waals surface area contributed by atoms with Gasteiger partial charge in [0.25, 0.3) is 0 Å². The van der Waals surface area contributed by atoms with Crippen LogP contribution in [0.1, 0.15) is 12.8 Å². The largest absolute Gasteiger partial charge is 0.385 e. The summed E-state index contributed by atoms with van der Waals surface area (Å²) in [5, 5.41) is 3.46. The van der Waals surface area contributed by atoms with Crippen molar-refractivity contribution in [3.63, 3.8) is 0 Å². The Kier molecular flexibility index (Phi) is 5.72. The maximum Gasteiger partial charge on any atom is 0.0596 e. The molecule has 0 saturated carbocycles. The first-order valence-electron chi connectivity index (χ1n) is 5.75. The van der Waals surface area contributed by atoms with Crippen LogP contribution in [0.5, 0.6) is 0 Å². The van der Waals surface area contributed by atoms with Crippen molar-refractivity contribution in [2.75, 3.05) is 44.6 Å². The number of unbranched alkanes of at least 4 members (excludes halogenated alkanes) is 1. The number of methoxy groups -OCH3 is 1. The third-order valence-corrected chi connectivity index (χ3v) is 2.48. The van der Waals surface area contributed by atoms with E-state index in [1.165, 1.54) is 11.4 Å². The highest BCUT2D eigenvalue weighted by molar-refractivity contribution is 5.69. The van der Waals surface area contributed by atoms with E-state index in [9.17, 15) is 0 Å². The van der Waals surface area contributed by atoms with Gasteiger partial charge in [-0.3, -0.25) is 0 Å². The van der Waals surface area contributed by atoms with Crippen LogP contribution in [-0.2, 0) is 4.74 Å². The van der Waals surface area contributed by atoms with E-state index in [2.05, 4.69) is 48.6 Å². The first-order chi connectivity index (χ1) is 7.75. The van der Waals surface area contributed by atoms with Crippen molar-refractivity contribution in [3.8, 4) is 0 Å². The zero-order valence-electron chi connectivity index (χ0n) is 10.5. The first-order valence-corrected chi connectivity index (χ1v) is 5.75. The molecule has 0 fully saturated rings. The van der Waals surface area contributed by atoms with E-state index in [-0.39, 0.29) is 0 Å². The third kappa shape index (κ3) is 4.11. The molecule has 1 aromatic rings. The van der Waals surface area contributed by atoms with Gasteiger partial charge >= 0.3 is 0 Å². The highest BCUT2D eigenvalue weighted by atomic mass is 16.5. The molecule has 3 nitrogen and oxygen atoms in total. The van der Waals surface area contributed by atoms with Crippen LogP contribution in [0.2, 0.25) is 0 Å². The van der Waals surface area contributed by atoms with Crippen LogP contribution in [0, 0.1) is 0 Å². The highest BCUT2D eigenvalue weighted by Gasteiger charge is 2.01. The molecule has 1 N–H and O–H groups in total. The molecule has 0 aliphatic carbocycles. The van der Waals surface area contributed by atoms with Crippen LogP contribution < -0.4 is 10.2 Å². The quantitative estimate of drug-likeness (QED) is 0.718. The lowest BCUT2D eigenvalue weighted by Crippen LogP contribution is -2.12. The third-order valence-electron chi connectivity index (χ3n) is 2.48. The summed E-state index contributed by atoms with van der Waals surface area (Å²) < 4.78 is 5.02. The van der Waals surface area contributed by atoms with Crippen molar-refractivity contribution in [2.45, 2.75) is 12.8 Å². The molecule has 90 valence electrons. The molecule has 0 amide bonds. The first kappa shape index (κ1) is 12.8. The Labute approximate surface area is 98.4 Å². The van der Waals surface area contributed by atoms with Crippen LogP contribution in [0.25, 0.3) is 0 Å². The molecular formula is C13H22N2O. The van der Waals surface area contributed by atoms with Gasteiger partial charge in [0, 0.05) is 34.4 Å². The molecule has 16 heavy (non-hydrogen) atoms. The second-order valence-corrected chi connectivity index (χ2v) is 4.04. The number of nitrogens with zero attached hydrogens (tertiary/aromatic N) is 1. The fraction of sp³-hybridized carbons (Fsp3) is 0.538. The number of hydrogen-bond acceptors (Lipinski definition) is 3. The van der Waals surface area contributed by atoms with Crippen LogP contribution in [0.15, 0.2) is 24.3 Å². The zero-order chi connectivity index (χ0) is 11.8. The minimum atomic E-state index is 0.844. The predicted octanol–water partition coefficient (Wildman–Crippen LogP) is 2.59. The van der Waals surface area contributed by atoms with E-state index in [1.807, 2.05) is 0 Å². The number of rotatable bonds is 7. The Balaban J connectivity index is 2.41. The Hall–Kier alpha value is -1.22. The molecule has 0 bridgehead atoms. The van der Waals surface area contributed by atoms with E-state index in [0.29, 0.717) is 0 Å². The van der Waals surface area contributed by atoms with Gasteiger partial charge in [0.05, 0.1) is 11.4 Å². The average molecular weight is 222 g/mol.